The van der Waals surface area contributed by atoms with Crippen molar-refractivity contribution in [1.29, 1.82) is 0 Å². The van der Waals surface area contributed by atoms with Crippen LogP contribution in [-0.2, 0) is 21.7 Å². The SMILES string of the molecule is CC(C)CO.CC(C)CO.CC(C)CO.CCO.[Ti]. The largest absolute Gasteiger partial charge is 0.397 e. The molecule has 0 radical (unpaired) electrons. The maximum absolute atomic E-state index is 8.14. The third kappa shape index (κ3) is 118. The maximum Gasteiger partial charge on any atom is 0.0453 e. The van der Waals surface area contributed by atoms with E-state index in [1.54, 1.807) is 6.92 Å². The first kappa shape index (κ1) is 31.8. The number of aliphatic hydroxyl groups is 4. The van der Waals surface area contributed by atoms with Crippen LogP contribution < -0.4 is 0 Å². The predicted octanol–water partition coefficient (Wildman–Crippen LogP) is 1.90. The fourth-order valence-electron chi connectivity index (χ4n) is 0. The molecule has 0 heterocycles. The molecule has 0 aromatic carbocycles. The Hall–Kier alpha value is 0.554. The van der Waals surface area contributed by atoms with Crippen molar-refractivity contribution < 1.29 is 42.1 Å². The van der Waals surface area contributed by atoms with Gasteiger partial charge in [0.25, 0.3) is 0 Å². The van der Waals surface area contributed by atoms with Crippen LogP contribution in [0.5, 0.6) is 0 Å². The molecule has 0 atom stereocenters. The van der Waals surface area contributed by atoms with Gasteiger partial charge in [0.15, 0.2) is 0 Å². The normalized spacial score (nSPS) is 8.53. The van der Waals surface area contributed by atoms with Crippen molar-refractivity contribution in [3.05, 3.63) is 0 Å². The number of hydrogen-bond acceptors (Lipinski definition) is 4. The van der Waals surface area contributed by atoms with Crippen molar-refractivity contribution in [2.75, 3.05) is 26.4 Å². The molecule has 4 N–H and O–H groups in total. The van der Waals surface area contributed by atoms with Crippen molar-refractivity contribution in [2.24, 2.45) is 17.8 Å². The molecule has 0 fully saturated rings. The zero-order valence-corrected chi connectivity index (χ0v) is 15.4. The van der Waals surface area contributed by atoms with Gasteiger partial charge in [0, 0.05) is 48.1 Å². The van der Waals surface area contributed by atoms with Gasteiger partial charge in [0.05, 0.1) is 0 Å². The summed E-state index contributed by atoms with van der Waals surface area (Å²) in [5.41, 5.74) is 0. The van der Waals surface area contributed by atoms with E-state index in [2.05, 4.69) is 0 Å². The van der Waals surface area contributed by atoms with Crippen LogP contribution in [0.25, 0.3) is 0 Å². The van der Waals surface area contributed by atoms with Crippen LogP contribution in [0.15, 0.2) is 0 Å². The molecule has 0 bridgehead atoms. The fraction of sp³-hybridized carbons (Fsp3) is 1.00. The number of hydrogen-bond donors (Lipinski definition) is 4. The summed E-state index contributed by atoms with van der Waals surface area (Å²) in [4.78, 5) is 0. The van der Waals surface area contributed by atoms with E-state index in [0.717, 1.165) is 0 Å². The first-order valence-corrected chi connectivity index (χ1v) is 6.66. The van der Waals surface area contributed by atoms with Crippen LogP contribution >= 0.6 is 0 Å². The quantitative estimate of drug-likeness (QED) is 0.600. The Morgan fingerprint density at radius 2 is 0.632 bits per heavy atom. The third-order valence-corrected chi connectivity index (χ3v) is 1.10. The molecule has 0 aromatic rings. The molecule has 0 aromatic heterocycles. The summed E-state index contributed by atoms with van der Waals surface area (Å²) in [5, 5.41) is 32.0. The minimum Gasteiger partial charge on any atom is -0.397 e. The molecule has 5 heteroatoms. The monoisotopic (exact) mass is 316 g/mol. The summed E-state index contributed by atoms with van der Waals surface area (Å²) < 4.78 is 0. The second kappa shape index (κ2) is 31.1. The van der Waals surface area contributed by atoms with Gasteiger partial charge < -0.3 is 20.4 Å². The van der Waals surface area contributed by atoms with E-state index in [-0.39, 0.29) is 28.3 Å². The van der Waals surface area contributed by atoms with Crippen LogP contribution in [-0.4, -0.2) is 46.9 Å². The van der Waals surface area contributed by atoms with E-state index >= 15 is 0 Å². The topological polar surface area (TPSA) is 80.9 Å². The molecule has 0 rings (SSSR count). The van der Waals surface area contributed by atoms with E-state index in [1.807, 2.05) is 41.5 Å². The van der Waals surface area contributed by atoms with Crippen molar-refractivity contribution in [3.8, 4) is 0 Å². The van der Waals surface area contributed by atoms with Crippen molar-refractivity contribution in [2.45, 2.75) is 48.5 Å². The van der Waals surface area contributed by atoms with Gasteiger partial charge in [0.2, 0.25) is 0 Å². The second-order valence-corrected chi connectivity index (χ2v) is 5.05. The van der Waals surface area contributed by atoms with Gasteiger partial charge in [-0.1, -0.05) is 41.5 Å². The Morgan fingerprint density at radius 1 is 0.579 bits per heavy atom. The third-order valence-electron chi connectivity index (χ3n) is 1.10. The van der Waals surface area contributed by atoms with Gasteiger partial charge in [-0.15, -0.1) is 0 Å². The van der Waals surface area contributed by atoms with Crippen molar-refractivity contribution in [3.63, 3.8) is 0 Å². The van der Waals surface area contributed by atoms with Crippen LogP contribution in [0.4, 0.5) is 0 Å². The molecule has 120 valence electrons. The first-order chi connectivity index (χ1) is 8.22. The van der Waals surface area contributed by atoms with Gasteiger partial charge in [-0.3, -0.25) is 0 Å². The summed E-state index contributed by atoms with van der Waals surface area (Å²) >= 11 is 0. The van der Waals surface area contributed by atoms with E-state index in [0.29, 0.717) is 37.6 Å². The molecular weight excluding hydrogens is 280 g/mol. The minimum atomic E-state index is 0. The van der Waals surface area contributed by atoms with Crippen LogP contribution in [0, 0.1) is 17.8 Å². The standard InChI is InChI=1S/3C4H10O.C2H6O.Ti/c3*1-4(2)3-5;1-2-3;/h3*4-5H,3H2,1-2H3;3H,2H2,1H3;. The van der Waals surface area contributed by atoms with E-state index < -0.39 is 0 Å². The minimum absolute atomic E-state index is 0. The fourth-order valence-corrected chi connectivity index (χ4v) is 0. The van der Waals surface area contributed by atoms with E-state index in [9.17, 15) is 0 Å². The molecule has 0 saturated heterocycles. The molecule has 0 unspecified atom stereocenters. The van der Waals surface area contributed by atoms with Gasteiger partial charge in [-0.25, -0.2) is 0 Å². The first-order valence-electron chi connectivity index (χ1n) is 6.66. The van der Waals surface area contributed by atoms with Gasteiger partial charge >= 0.3 is 0 Å². The molecule has 19 heavy (non-hydrogen) atoms. The molecule has 0 aliphatic carbocycles. The average Bonchev–Trinajstić information content (AvgIpc) is 2.31. The number of aliphatic hydroxyl groups excluding tert-OH is 4. The van der Waals surface area contributed by atoms with Crippen LogP contribution in [0.1, 0.15) is 48.5 Å². The van der Waals surface area contributed by atoms with E-state index in [1.165, 1.54) is 0 Å². The summed E-state index contributed by atoms with van der Waals surface area (Å²) in [6.07, 6.45) is 0. The molecule has 0 aliphatic heterocycles. The zero-order valence-electron chi connectivity index (χ0n) is 13.8. The predicted molar refractivity (Wildman–Crippen MR) is 78.5 cm³/mol. The Kier molecular flexibility index (Phi) is 52.1. The molecular formula is C14H36O4Ti. The number of rotatable bonds is 3. The van der Waals surface area contributed by atoms with Gasteiger partial charge in [-0.2, -0.15) is 0 Å². The smallest absolute Gasteiger partial charge is 0.0453 e. The zero-order chi connectivity index (χ0) is 15.6. The Labute approximate surface area is 135 Å². The van der Waals surface area contributed by atoms with Gasteiger partial charge in [0.1, 0.15) is 0 Å². The Bertz CT molecular complexity index is 90.6. The summed E-state index contributed by atoms with van der Waals surface area (Å²) in [7, 11) is 0. The maximum atomic E-state index is 8.14. The Balaban J connectivity index is -0.0000000458. The van der Waals surface area contributed by atoms with Gasteiger partial charge in [-0.05, 0) is 24.7 Å². The summed E-state index contributed by atoms with van der Waals surface area (Å²) in [6.45, 7) is 14.7. The molecule has 0 amide bonds. The molecule has 4 nitrogen and oxygen atoms in total. The molecule has 0 spiro atoms. The molecule has 0 saturated carbocycles. The Morgan fingerprint density at radius 3 is 0.632 bits per heavy atom. The van der Waals surface area contributed by atoms with Crippen LogP contribution in [0.2, 0.25) is 0 Å². The van der Waals surface area contributed by atoms with Crippen molar-refractivity contribution >= 4 is 0 Å². The molecule has 0 aliphatic rings. The van der Waals surface area contributed by atoms with Crippen molar-refractivity contribution in [1.82, 2.24) is 0 Å². The summed E-state index contributed by atoms with van der Waals surface area (Å²) in [5.74, 6) is 1.32. The summed E-state index contributed by atoms with van der Waals surface area (Å²) in [6, 6.07) is 0. The van der Waals surface area contributed by atoms with E-state index in [4.69, 9.17) is 20.4 Å². The average molecular weight is 316 g/mol. The van der Waals surface area contributed by atoms with Crippen LogP contribution in [0.3, 0.4) is 0 Å². The second-order valence-electron chi connectivity index (χ2n) is 5.05.